The fourth-order valence-electron chi connectivity index (χ4n) is 1.86. The van der Waals surface area contributed by atoms with Crippen LogP contribution in [0.25, 0.3) is 11.1 Å². The Hall–Kier alpha value is -2.33. The van der Waals surface area contributed by atoms with E-state index in [1.54, 1.807) is 0 Å². The Morgan fingerprint density at radius 2 is 1.60 bits per heavy atom. The minimum atomic E-state index is 0.464. The molecule has 106 valence electrons. The molecule has 0 aromatic heterocycles. The lowest BCUT2D eigenvalue weighted by molar-refractivity contribution is 1.00. The van der Waals surface area contributed by atoms with Gasteiger partial charge in [0.15, 0.2) is 5.84 Å². The summed E-state index contributed by atoms with van der Waals surface area (Å²) >= 11 is 0. The van der Waals surface area contributed by atoms with Crippen LogP contribution in [0, 0.1) is 6.92 Å². The molecule has 0 saturated heterocycles. The lowest BCUT2D eigenvalue weighted by Gasteiger charge is -2.11. The van der Waals surface area contributed by atoms with Crippen molar-refractivity contribution in [3.8, 4) is 11.1 Å². The van der Waals surface area contributed by atoms with Crippen LogP contribution < -0.4 is 17.1 Å². The molecule has 0 bridgehead atoms. The van der Waals surface area contributed by atoms with E-state index < -0.39 is 0 Å². The van der Waals surface area contributed by atoms with Crippen molar-refractivity contribution in [3.05, 3.63) is 59.7 Å². The van der Waals surface area contributed by atoms with E-state index in [2.05, 4.69) is 41.7 Å². The minimum Gasteiger partial charge on any atom is -0.321 e. The Morgan fingerprint density at radius 1 is 1.00 bits per heavy atom. The third-order valence-electron chi connectivity index (χ3n) is 2.81. The number of hydrogen-bond donors (Lipinski definition) is 3. The quantitative estimate of drug-likeness (QED) is 0.340. The second-order valence-corrected chi connectivity index (χ2v) is 4.03. The molecule has 2 rings (SSSR count). The van der Waals surface area contributed by atoms with Crippen molar-refractivity contribution in [2.75, 3.05) is 0 Å². The Bertz CT molecular complexity index is 559. The summed E-state index contributed by atoms with van der Waals surface area (Å²) in [6.07, 6.45) is 0. The molecule has 0 aliphatic carbocycles. The molecule has 0 radical (unpaired) electrons. The van der Waals surface area contributed by atoms with E-state index in [-0.39, 0.29) is 0 Å². The maximum absolute atomic E-state index is 5.43. The maximum atomic E-state index is 5.43. The summed E-state index contributed by atoms with van der Waals surface area (Å²) in [6, 6.07) is 16.1. The van der Waals surface area contributed by atoms with Crippen LogP contribution in [-0.4, -0.2) is 5.84 Å². The van der Waals surface area contributed by atoms with Crippen LogP contribution in [0.15, 0.2) is 53.6 Å². The van der Waals surface area contributed by atoms with E-state index >= 15 is 0 Å². The minimum absolute atomic E-state index is 0.464. The first-order valence-electron chi connectivity index (χ1n) is 6.67. The Morgan fingerprint density at radius 3 is 2.15 bits per heavy atom. The van der Waals surface area contributed by atoms with E-state index in [1.165, 1.54) is 5.56 Å². The molecule has 0 spiro atoms. The number of amidine groups is 1. The van der Waals surface area contributed by atoms with Gasteiger partial charge in [-0.3, -0.25) is 0 Å². The molecule has 2 aromatic rings. The summed E-state index contributed by atoms with van der Waals surface area (Å²) in [5.74, 6) is 11.2. The van der Waals surface area contributed by atoms with Gasteiger partial charge in [-0.25, -0.2) is 5.84 Å². The number of rotatable bonds is 2. The van der Waals surface area contributed by atoms with Crippen LogP contribution in [0.5, 0.6) is 0 Å². The van der Waals surface area contributed by atoms with Gasteiger partial charge in [0, 0.05) is 5.56 Å². The molecule has 0 atom stereocenters. The van der Waals surface area contributed by atoms with Crippen LogP contribution in [0.2, 0.25) is 0 Å². The molecule has 5 N–H and O–H groups in total. The second-order valence-electron chi connectivity index (χ2n) is 4.03. The fraction of sp³-hybridized carbons (Fsp3) is 0.188. The van der Waals surface area contributed by atoms with Crippen molar-refractivity contribution in [1.82, 2.24) is 5.43 Å². The summed E-state index contributed by atoms with van der Waals surface area (Å²) in [4.78, 5) is 0. The van der Waals surface area contributed by atoms with Gasteiger partial charge in [0.2, 0.25) is 0 Å². The highest BCUT2D eigenvalue weighted by molar-refractivity contribution is 6.04. The first-order valence-corrected chi connectivity index (χ1v) is 6.67. The van der Waals surface area contributed by atoms with Gasteiger partial charge in [-0.2, -0.15) is 5.10 Å². The van der Waals surface area contributed by atoms with Crippen LogP contribution >= 0.6 is 0 Å². The number of hydrazone groups is 1. The third-order valence-corrected chi connectivity index (χ3v) is 2.81. The number of hydrazine groups is 1. The third kappa shape index (κ3) is 3.59. The molecule has 0 heterocycles. The van der Waals surface area contributed by atoms with Crippen LogP contribution in [0.3, 0.4) is 0 Å². The van der Waals surface area contributed by atoms with Gasteiger partial charge >= 0.3 is 0 Å². The predicted molar refractivity (Wildman–Crippen MR) is 86.0 cm³/mol. The molecule has 4 nitrogen and oxygen atoms in total. The summed E-state index contributed by atoms with van der Waals surface area (Å²) in [7, 11) is 0. The van der Waals surface area contributed by atoms with E-state index in [1.807, 2.05) is 38.1 Å². The Kier molecular flexibility index (Phi) is 6.26. The van der Waals surface area contributed by atoms with Crippen molar-refractivity contribution < 1.29 is 0 Å². The molecular formula is C16H22N4. The van der Waals surface area contributed by atoms with Gasteiger partial charge in [-0.05, 0) is 18.1 Å². The zero-order valence-electron chi connectivity index (χ0n) is 12.2. The number of nitrogens with one attached hydrogen (secondary N) is 1. The SMILES string of the molecule is CC.Cc1ccc(-c2ccccc2/C(=N/N)NN)cc1. The molecule has 4 heteroatoms. The van der Waals surface area contributed by atoms with Gasteiger partial charge < -0.3 is 11.3 Å². The van der Waals surface area contributed by atoms with Crippen LogP contribution in [0.1, 0.15) is 25.0 Å². The largest absolute Gasteiger partial charge is 0.321 e. The molecule has 0 unspecified atom stereocenters. The summed E-state index contributed by atoms with van der Waals surface area (Å²) in [6.45, 7) is 6.06. The van der Waals surface area contributed by atoms with Crippen molar-refractivity contribution in [3.63, 3.8) is 0 Å². The topological polar surface area (TPSA) is 76.4 Å². The molecule has 0 saturated carbocycles. The van der Waals surface area contributed by atoms with Crippen molar-refractivity contribution in [2.45, 2.75) is 20.8 Å². The Labute approximate surface area is 120 Å². The summed E-state index contributed by atoms with van der Waals surface area (Å²) in [5, 5.41) is 3.66. The van der Waals surface area contributed by atoms with E-state index in [4.69, 9.17) is 11.7 Å². The standard InChI is InChI=1S/C14H16N4.C2H6/c1-10-6-8-11(9-7-10)12-4-2-3-5-13(12)14(17-15)18-16;1-2/h2-9H,15-16H2,1H3,(H,17,18);1-2H3. The highest BCUT2D eigenvalue weighted by atomic mass is 15.3. The van der Waals surface area contributed by atoms with E-state index in [9.17, 15) is 0 Å². The molecule has 0 aliphatic rings. The van der Waals surface area contributed by atoms with Crippen LogP contribution in [-0.2, 0) is 0 Å². The van der Waals surface area contributed by atoms with Gasteiger partial charge in [-0.15, -0.1) is 0 Å². The molecule has 2 aromatic carbocycles. The van der Waals surface area contributed by atoms with Crippen LogP contribution in [0.4, 0.5) is 0 Å². The number of benzene rings is 2. The highest BCUT2D eigenvalue weighted by Crippen LogP contribution is 2.23. The number of aryl methyl sites for hydroxylation is 1. The molecule has 0 aliphatic heterocycles. The maximum Gasteiger partial charge on any atom is 0.167 e. The normalized spacial score (nSPS) is 10.5. The smallest absolute Gasteiger partial charge is 0.167 e. The summed E-state index contributed by atoms with van der Waals surface area (Å²) in [5.41, 5.74) is 6.76. The highest BCUT2D eigenvalue weighted by Gasteiger charge is 2.09. The zero-order valence-corrected chi connectivity index (χ0v) is 12.2. The molecule has 0 fully saturated rings. The lowest BCUT2D eigenvalue weighted by Crippen LogP contribution is -2.32. The molecular weight excluding hydrogens is 248 g/mol. The van der Waals surface area contributed by atoms with Crippen molar-refractivity contribution in [2.24, 2.45) is 16.8 Å². The molecule has 0 amide bonds. The molecule has 20 heavy (non-hydrogen) atoms. The second kappa shape index (κ2) is 7.96. The number of nitrogens with zero attached hydrogens (tertiary/aromatic N) is 1. The first-order chi connectivity index (χ1) is 9.76. The van der Waals surface area contributed by atoms with Gasteiger partial charge in [0.25, 0.3) is 0 Å². The first kappa shape index (κ1) is 15.7. The van der Waals surface area contributed by atoms with Gasteiger partial charge in [-0.1, -0.05) is 67.9 Å². The lowest BCUT2D eigenvalue weighted by atomic mass is 9.98. The van der Waals surface area contributed by atoms with E-state index in [0.717, 1.165) is 16.7 Å². The van der Waals surface area contributed by atoms with E-state index in [0.29, 0.717) is 5.84 Å². The monoisotopic (exact) mass is 270 g/mol. The average molecular weight is 270 g/mol. The Balaban J connectivity index is 0.000000956. The van der Waals surface area contributed by atoms with Crippen molar-refractivity contribution in [1.29, 1.82) is 0 Å². The number of hydrogen-bond acceptors (Lipinski definition) is 3. The fourth-order valence-corrected chi connectivity index (χ4v) is 1.86. The summed E-state index contributed by atoms with van der Waals surface area (Å²) < 4.78 is 0. The van der Waals surface area contributed by atoms with Gasteiger partial charge in [0.1, 0.15) is 0 Å². The number of nitrogens with two attached hydrogens (primary N) is 2. The van der Waals surface area contributed by atoms with Gasteiger partial charge in [0.05, 0.1) is 0 Å². The zero-order chi connectivity index (χ0) is 15.0. The predicted octanol–water partition coefficient (Wildman–Crippen LogP) is 2.77. The average Bonchev–Trinajstić information content (AvgIpc) is 2.52. The van der Waals surface area contributed by atoms with Crippen molar-refractivity contribution >= 4 is 5.84 Å².